The number of fused-ring (bicyclic) bond motifs is 4. The number of hydrogen-bond acceptors (Lipinski definition) is 3. The summed E-state index contributed by atoms with van der Waals surface area (Å²) in [6.45, 7) is 5.71. The molecule has 0 bridgehead atoms. The lowest BCUT2D eigenvalue weighted by Gasteiger charge is -2.50. The predicted octanol–water partition coefficient (Wildman–Crippen LogP) is 2.91. The number of likely N-dealkylation sites (tertiary alicyclic amines) is 1. The number of piperidine rings is 1. The van der Waals surface area contributed by atoms with E-state index in [2.05, 4.69) is 41.6 Å². The van der Waals surface area contributed by atoms with Gasteiger partial charge < -0.3 is 15.1 Å². The van der Waals surface area contributed by atoms with E-state index in [-0.39, 0.29) is 17.6 Å². The van der Waals surface area contributed by atoms with Crippen molar-refractivity contribution in [3.8, 4) is 5.75 Å². The molecule has 0 unspecified atom stereocenters. The molecule has 5 rings (SSSR count). The minimum absolute atomic E-state index is 0.123. The Kier molecular flexibility index (Phi) is 4.37. The summed E-state index contributed by atoms with van der Waals surface area (Å²) in [6.07, 6.45) is 5.45. The lowest BCUT2D eigenvalue weighted by molar-refractivity contribution is -0.908. The Hall–Kier alpha value is -2.37. The molecule has 0 amide bonds. The average Bonchev–Trinajstić information content (AvgIpc) is 3.17. The van der Waals surface area contributed by atoms with Gasteiger partial charge in [0.05, 0.1) is 44.2 Å². The van der Waals surface area contributed by atoms with Crippen LogP contribution >= 0.6 is 0 Å². The summed E-state index contributed by atoms with van der Waals surface area (Å²) in [7, 11) is 0. The topological polar surface area (TPSA) is 28.9 Å². The second-order valence-corrected chi connectivity index (χ2v) is 8.10. The van der Waals surface area contributed by atoms with Gasteiger partial charge in [0.25, 0.3) is 0 Å². The second-order valence-electron chi connectivity index (χ2n) is 8.10. The molecule has 0 aromatic heterocycles. The maximum Gasteiger partial charge on any atom is 0.191 e. The number of benzene rings is 2. The first-order chi connectivity index (χ1) is 13.7. The number of rotatable bonds is 3. The van der Waals surface area contributed by atoms with E-state index in [1.54, 1.807) is 4.90 Å². The number of ether oxygens (including phenoxy) is 1. The molecule has 3 heterocycles. The third-order valence-electron chi connectivity index (χ3n) is 6.32. The number of quaternary nitrogens is 1. The van der Waals surface area contributed by atoms with Crippen LogP contribution in [0.1, 0.15) is 43.4 Å². The smallest absolute Gasteiger partial charge is 0.191 e. The highest BCUT2D eigenvalue weighted by Gasteiger charge is 2.52. The average molecular weight is 380 g/mol. The molecule has 2 N–H and O–H groups in total. The Morgan fingerprint density at radius 1 is 1.14 bits per heavy atom. The van der Waals surface area contributed by atoms with Gasteiger partial charge in [0.1, 0.15) is 11.6 Å². The molecular formula is C23H27FN3O+. The quantitative estimate of drug-likeness (QED) is 0.858. The largest absolute Gasteiger partial charge is 0.470 e. The molecule has 3 aliphatic heterocycles. The minimum atomic E-state index is -0.339. The van der Waals surface area contributed by atoms with Crippen molar-refractivity contribution < 1.29 is 14.0 Å². The van der Waals surface area contributed by atoms with Crippen molar-refractivity contribution in [1.29, 1.82) is 0 Å². The molecule has 1 fully saturated rings. The molecule has 1 saturated heterocycles. The summed E-state index contributed by atoms with van der Waals surface area (Å²) in [5, 5.41) is 2.30. The molecule has 5 heteroatoms. The second kappa shape index (κ2) is 6.90. The van der Waals surface area contributed by atoms with Gasteiger partial charge in [-0.2, -0.15) is 5.01 Å². The highest BCUT2D eigenvalue weighted by molar-refractivity contribution is 5.67. The normalized spacial score (nSPS) is 28.9. The first kappa shape index (κ1) is 17.7. The number of hydrazine groups is 1. The van der Waals surface area contributed by atoms with Crippen LogP contribution in [0.2, 0.25) is 0 Å². The Morgan fingerprint density at radius 3 is 2.64 bits per heavy atom. The van der Waals surface area contributed by atoms with E-state index in [1.807, 2.05) is 18.2 Å². The van der Waals surface area contributed by atoms with Crippen molar-refractivity contribution in [2.75, 3.05) is 19.6 Å². The van der Waals surface area contributed by atoms with Crippen LogP contribution in [-0.4, -0.2) is 30.4 Å². The Balaban J connectivity index is 1.49. The fourth-order valence-corrected chi connectivity index (χ4v) is 4.86. The number of hydrogen-bond donors (Lipinski definition) is 2. The lowest BCUT2D eigenvalue weighted by atomic mass is 9.92. The van der Waals surface area contributed by atoms with Gasteiger partial charge in [-0.3, -0.25) is 0 Å². The molecule has 0 radical (unpaired) electrons. The molecule has 4 nitrogen and oxygen atoms in total. The number of halogens is 1. The van der Waals surface area contributed by atoms with Crippen LogP contribution in [0.15, 0.2) is 54.6 Å². The van der Waals surface area contributed by atoms with Crippen LogP contribution in [0, 0.1) is 5.82 Å². The van der Waals surface area contributed by atoms with E-state index in [1.165, 1.54) is 30.7 Å². The Bertz CT molecular complexity index is 887. The number of nitrogens with one attached hydrogen (secondary N) is 2. The van der Waals surface area contributed by atoms with Gasteiger partial charge >= 0.3 is 0 Å². The maximum atomic E-state index is 13.4. The monoisotopic (exact) mass is 380 g/mol. The highest BCUT2D eigenvalue weighted by atomic mass is 19.1. The SMILES string of the molecule is CCC[NH+]1CCC2(CC1)Oc1ccccc1[C@@H]1C=C(c3ccc(F)cc3)NN12. The predicted molar refractivity (Wildman–Crippen MR) is 107 cm³/mol. The van der Waals surface area contributed by atoms with E-state index in [0.29, 0.717) is 0 Å². The summed E-state index contributed by atoms with van der Waals surface area (Å²) >= 11 is 0. The van der Waals surface area contributed by atoms with Gasteiger partial charge in [0.2, 0.25) is 0 Å². The molecule has 28 heavy (non-hydrogen) atoms. The molecule has 2 aromatic carbocycles. The van der Waals surface area contributed by atoms with Gasteiger partial charge in [-0.1, -0.05) is 25.1 Å². The molecule has 3 aliphatic rings. The third-order valence-corrected chi connectivity index (χ3v) is 6.32. The molecule has 1 spiro atoms. The van der Waals surface area contributed by atoms with Crippen molar-refractivity contribution >= 4 is 5.70 Å². The summed E-state index contributed by atoms with van der Waals surface area (Å²) in [6, 6.07) is 15.2. The van der Waals surface area contributed by atoms with Crippen molar-refractivity contribution in [2.45, 2.75) is 38.0 Å². The molecule has 0 aliphatic carbocycles. The van der Waals surface area contributed by atoms with Crippen LogP contribution < -0.4 is 15.1 Å². The fourth-order valence-electron chi connectivity index (χ4n) is 4.86. The first-order valence-corrected chi connectivity index (χ1v) is 10.3. The zero-order chi connectivity index (χ0) is 19.1. The lowest BCUT2D eigenvalue weighted by Crippen LogP contribution is -3.14. The van der Waals surface area contributed by atoms with E-state index >= 15 is 0 Å². The van der Waals surface area contributed by atoms with Crippen LogP contribution in [0.4, 0.5) is 4.39 Å². The van der Waals surface area contributed by atoms with Crippen LogP contribution in [0.5, 0.6) is 5.75 Å². The molecule has 2 aromatic rings. The van der Waals surface area contributed by atoms with Gasteiger partial charge in [-0.25, -0.2) is 4.39 Å². The van der Waals surface area contributed by atoms with Crippen molar-refractivity contribution in [3.63, 3.8) is 0 Å². The zero-order valence-electron chi connectivity index (χ0n) is 16.2. The highest BCUT2D eigenvalue weighted by Crippen LogP contribution is 2.47. The van der Waals surface area contributed by atoms with Gasteiger partial charge in [-0.15, -0.1) is 0 Å². The summed E-state index contributed by atoms with van der Waals surface area (Å²) < 4.78 is 20.0. The summed E-state index contributed by atoms with van der Waals surface area (Å²) in [4.78, 5) is 1.66. The maximum absolute atomic E-state index is 13.4. The standard InChI is InChI=1S/C23H26FN3O/c1-2-13-26-14-11-23(12-15-26)27-21(19-5-3-4-6-22(19)28-23)16-20(25-27)17-7-9-18(24)10-8-17/h3-10,16,21,25H,2,11-15H2,1H3/p+1/t21-/m0/s1. The van der Waals surface area contributed by atoms with Gasteiger partial charge in [0.15, 0.2) is 5.72 Å². The summed E-state index contributed by atoms with van der Waals surface area (Å²) in [5.41, 5.74) is 6.48. The molecular weight excluding hydrogens is 353 g/mol. The molecule has 146 valence electrons. The van der Waals surface area contributed by atoms with Crippen LogP contribution in [0.3, 0.4) is 0 Å². The molecule has 1 atom stereocenters. The van der Waals surface area contributed by atoms with Gasteiger partial charge in [0, 0.05) is 5.56 Å². The fraction of sp³-hybridized carbons (Fsp3) is 0.391. The van der Waals surface area contributed by atoms with E-state index in [4.69, 9.17) is 4.74 Å². The first-order valence-electron chi connectivity index (χ1n) is 10.3. The van der Waals surface area contributed by atoms with E-state index in [9.17, 15) is 4.39 Å². The minimum Gasteiger partial charge on any atom is -0.470 e. The van der Waals surface area contributed by atoms with Gasteiger partial charge in [-0.05, 0) is 48.4 Å². The zero-order valence-corrected chi connectivity index (χ0v) is 16.2. The van der Waals surface area contributed by atoms with Crippen molar-refractivity contribution in [1.82, 2.24) is 10.4 Å². The van der Waals surface area contributed by atoms with E-state index in [0.717, 1.165) is 42.9 Å². The van der Waals surface area contributed by atoms with Crippen LogP contribution in [-0.2, 0) is 0 Å². The van der Waals surface area contributed by atoms with Crippen LogP contribution in [0.25, 0.3) is 5.70 Å². The summed E-state index contributed by atoms with van der Waals surface area (Å²) in [5.74, 6) is 0.776. The van der Waals surface area contributed by atoms with E-state index < -0.39 is 0 Å². The number of para-hydroxylation sites is 1. The third kappa shape index (κ3) is 2.90. The Labute approximate surface area is 165 Å². The number of nitrogens with zero attached hydrogens (tertiary/aromatic N) is 1. The van der Waals surface area contributed by atoms with Crippen molar-refractivity contribution in [2.24, 2.45) is 0 Å². The Morgan fingerprint density at radius 2 is 1.89 bits per heavy atom. The van der Waals surface area contributed by atoms with Crippen molar-refractivity contribution in [3.05, 3.63) is 71.6 Å². The molecule has 0 saturated carbocycles.